The van der Waals surface area contributed by atoms with Crippen LogP contribution in [0.5, 0.6) is 0 Å². The first-order valence-electron chi connectivity index (χ1n) is 11.2. The fourth-order valence-electron chi connectivity index (χ4n) is 4.32. The van der Waals surface area contributed by atoms with Gasteiger partial charge in [-0.3, -0.25) is 4.79 Å². The van der Waals surface area contributed by atoms with E-state index >= 15 is 4.39 Å². The molecule has 9 nitrogen and oxygen atoms in total. The minimum Gasteiger partial charge on any atom is -0.354 e. The number of aromatic nitrogens is 6. The number of halogens is 4. The minimum atomic E-state index is -4.48. The SMILES string of the molecule is Cc1nnnn1-c1ccc(C(=O)N(C2CC2)[C@@H]2CCN(c3ccc(C(F)(F)F)cn3)C[C@@H]2F)cn1. The van der Waals surface area contributed by atoms with E-state index in [0.29, 0.717) is 30.2 Å². The molecular weight excluding hydrogens is 468 g/mol. The highest BCUT2D eigenvalue weighted by Crippen LogP contribution is 2.35. The molecule has 0 spiro atoms. The maximum absolute atomic E-state index is 15.4. The van der Waals surface area contributed by atoms with Gasteiger partial charge in [0.1, 0.15) is 12.0 Å². The molecule has 0 N–H and O–H groups in total. The Morgan fingerprint density at radius 2 is 1.80 bits per heavy atom. The Hall–Kier alpha value is -3.64. The molecule has 1 aliphatic carbocycles. The normalized spacial score (nSPS) is 20.7. The third kappa shape index (κ3) is 4.66. The summed E-state index contributed by atoms with van der Waals surface area (Å²) in [5.74, 6) is 0.989. The fourth-order valence-corrected chi connectivity index (χ4v) is 4.32. The molecule has 2 aliphatic rings. The van der Waals surface area contributed by atoms with Gasteiger partial charge in [-0.1, -0.05) is 0 Å². The summed E-state index contributed by atoms with van der Waals surface area (Å²) in [7, 11) is 0. The number of hydrogen-bond donors (Lipinski definition) is 0. The third-order valence-electron chi connectivity index (χ3n) is 6.28. The van der Waals surface area contributed by atoms with Gasteiger partial charge in [0.25, 0.3) is 5.91 Å². The van der Waals surface area contributed by atoms with Crippen molar-refractivity contribution < 1.29 is 22.4 Å². The van der Waals surface area contributed by atoms with E-state index in [-0.39, 0.29) is 24.3 Å². The van der Waals surface area contributed by atoms with Crippen LogP contribution in [0.2, 0.25) is 0 Å². The molecular formula is C22H22F4N8O. The lowest BCUT2D eigenvalue weighted by atomic mass is 9.99. The van der Waals surface area contributed by atoms with Crippen molar-refractivity contribution in [3.8, 4) is 5.82 Å². The molecule has 184 valence electrons. The maximum atomic E-state index is 15.4. The van der Waals surface area contributed by atoms with Gasteiger partial charge in [-0.05, 0) is 60.9 Å². The van der Waals surface area contributed by atoms with E-state index in [1.807, 2.05) is 0 Å². The number of tetrazole rings is 1. The minimum absolute atomic E-state index is 0.0390. The summed E-state index contributed by atoms with van der Waals surface area (Å²) in [5.41, 5.74) is -0.515. The van der Waals surface area contributed by atoms with Crippen LogP contribution >= 0.6 is 0 Å². The van der Waals surface area contributed by atoms with Crippen molar-refractivity contribution in [3.63, 3.8) is 0 Å². The lowest BCUT2D eigenvalue weighted by Gasteiger charge is -2.41. The molecule has 1 saturated carbocycles. The van der Waals surface area contributed by atoms with Gasteiger partial charge in [0.05, 0.1) is 23.7 Å². The number of alkyl halides is 4. The molecule has 1 aliphatic heterocycles. The lowest BCUT2D eigenvalue weighted by molar-refractivity contribution is -0.137. The third-order valence-corrected chi connectivity index (χ3v) is 6.28. The number of anilines is 1. The Bertz CT molecular complexity index is 1190. The summed E-state index contributed by atoms with van der Waals surface area (Å²) in [4.78, 5) is 24.7. The Morgan fingerprint density at radius 3 is 2.34 bits per heavy atom. The van der Waals surface area contributed by atoms with Crippen LogP contribution in [-0.4, -0.2) is 72.3 Å². The number of pyridine rings is 2. The van der Waals surface area contributed by atoms with Crippen molar-refractivity contribution in [1.82, 2.24) is 35.1 Å². The molecule has 1 saturated heterocycles. The second-order valence-electron chi connectivity index (χ2n) is 8.71. The zero-order valence-electron chi connectivity index (χ0n) is 18.7. The van der Waals surface area contributed by atoms with Crippen LogP contribution in [0.15, 0.2) is 36.7 Å². The van der Waals surface area contributed by atoms with Gasteiger partial charge in [0, 0.05) is 25.0 Å². The predicted molar refractivity (Wildman–Crippen MR) is 116 cm³/mol. The van der Waals surface area contributed by atoms with Gasteiger partial charge in [-0.2, -0.15) is 17.9 Å². The Morgan fingerprint density at radius 1 is 1.06 bits per heavy atom. The maximum Gasteiger partial charge on any atom is 0.417 e. The predicted octanol–water partition coefficient (Wildman–Crippen LogP) is 3.00. The van der Waals surface area contributed by atoms with Crippen LogP contribution in [0.25, 0.3) is 5.82 Å². The summed E-state index contributed by atoms with van der Waals surface area (Å²) >= 11 is 0. The average Bonchev–Trinajstić information content (AvgIpc) is 3.59. The van der Waals surface area contributed by atoms with Crippen LogP contribution in [0.4, 0.5) is 23.4 Å². The van der Waals surface area contributed by atoms with Gasteiger partial charge >= 0.3 is 6.18 Å². The first-order valence-corrected chi connectivity index (χ1v) is 11.2. The van der Waals surface area contributed by atoms with Crippen LogP contribution in [0, 0.1) is 6.92 Å². The van der Waals surface area contributed by atoms with Crippen molar-refractivity contribution in [1.29, 1.82) is 0 Å². The number of hydrogen-bond acceptors (Lipinski definition) is 7. The summed E-state index contributed by atoms with van der Waals surface area (Å²) in [5, 5.41) is 11.2. The van der Waals surface area contributed by atoms with E-state index in [1.54, 1.807) is 28.9 Å². The number of carbonyl (C=O) groups excluding carboxylic acids is 1. The largest absolute Gasteiger partial charge is 0.417 e. The van der Waals surface area contributed by atoms with Crippen LogP contribution in [0.3, 0.4) is 0 Å². The van der Waals surface area contributed by atoms with Crippen LogP contribution < -0.4 is 4.90 Å². The fraction of sp³-hybridized carbons (Fsp3) is 0.455. The Balaban J connectivity index is 1.29. The molecule has 2 fully saturated rings. The van der Waals surface area contributed by atoms with Gasteiger partial charge in [0.15, 0.2) is 11.6 Å². The Kier molecular flexibility index (Phi) is 5.85. The summed E-state index contributed by atoms with van der Waals surface area (Å²) < 4.78 is 55.2. The number of piperidine rings is 1. The zero-order chi connectivity index (χ0) is 24.7. The second-order valence-corrected chi connectivity index (χ2v) is 8.71. The highest BCUT2D eigenvalue weighted by atomic mass is 19.4. The van der Waals surface area contributed by atoms with Crippen molar-refractivity contribution in [2.75, 3.05) is 18.0 Å². The highest BCUT2D eigenvalue weighted by molar-refractivity contribution is 5.94. The van der Waals surface area contributed by atoms with Gasteiger partial charge in [-0.15, -0.1) is 5.10 Å². The smallest absolute Gasteiger partial charge is 0.354 e. The molecule has 35 heavy (non-hydrogen) atoms. The van der Waals surface area contributed by atoms with E-state index in [2.05, 4.69) is 25.5 Å². The van der Waals surface area contributed by atoms with E-state index in [9.17, 15) is 18.0 Å². The molecule has 0 radical (unpaired) electrons. The van der Waals surface area contributed by atoms with Crippen molar-refractivity contribution in [2.24, 2.45) is 0 Å². The quantitative estimate of drug-likeness (QED) is 0.508. The average molecular weight is 490 g/mol. The van der Waals surface area contributed by atoms with E-state index in [4.69, 9.17) is 0 Å². The second kappa shape index (κ2) is 8.86. The molecule has 2 atom stereocenters. The van der Waals surface area contributed by atoms with Crippen LogP contribution in [-0.2, 0) is 6.18 Å². The zero-order valence-corrected chi connectivity index (χ0v) is 18.7. The van der Waals surface area contributed by atoms with Crippen LogP contribution in [0.1, 0.15) is 41.0 Å². The molecule has 5 rings (SSSR count). The first-order chi connectivity index (χ1) is 16.7. The van der Waals surface area contributed by atoms with Crippen molar-refractivity contribution in [2.45, 2.75) is 50.6 Å². The summed E-state index contributed by atoms with van der Waals surface area (Å²) in [6.07, 6.45) is -1.74. The van der Waals surface area contributed by atoms with Crippen molar-refractivity contribution in [3.05, 3.63) is 53.6 Å². The molecule has 1 amide bonds. The van der Waals surface area contributed by atoms with E-state index < -0.39 is 24.0 Å². The number of rotatable bonds is 5. The Labute approximate surface area is 197 Å². The van der Waals surface area contributed by atoms with E-state index in [0.717, 1.165) is 25.1 Å². The molecule has 0 aromatic carbocycles. The summed E-state index contributed by atoms with van der Waals surface area (Å²) in [6, 6.07) is 4.77. The van der Waals surface area contributed by atoms with E-state index in [1.165, 1.54) is 16.9 Å². The van der Waals surface area contributed by atoms with Gasteiger partial charge < -0.3 is 9.80 Å². The topological polar surface area (TPSA) is 92.9 Å². The summed E-state index contributed by atoms with van der Waals surface area (Å²) in [6.45, 7) is 2.04. The van der Waals surface area contributed by atoms with Crippen molar-refractivity contribution >= 4 is 11.7 Å². The molecule has 0 bridgehead atoms. The molecule has 4 heterocycles. The molecule has 3 aromatic heterocycles. The number of amides is 1. The molecule has 3 aromatic rings. The number of nitrogens with zero attached hydrogens (tertiary/aromatic N) is 8. The highest BCUT2D eigenvalue weighted by Gasteiger charge is 2.43. The monoisotopic (exact) mass is 490 g/mol. The molecule has 13 heteroatoms. The standard InChI is InChI=1S/C22H22F4N8O/c1-13-29-30-31-34(13)20-6-2-14(10-27-20)21(35)33(16-4-5-16)18-8-9-32(12-17(18)23)19-7-3-15(11-28-19)22(24,25)26/h2-3,6-7,10-11,16-18H,4-5,8-9,12H2,1H3/t17-,18+/m0/s1. The first kappa shape index (κ1) is 23.1. The number of carbonyl (C=O) groups is 1. The van der Waals surface area contributed by atoms with Gasteiger partial charge in [-0.25, -0.2) is 14.4 Å². The van der Waals surface area contributed by atoms with Gasteiger partial charge in [0.2, 0.25) is 0 Å². The molecule has 0 unspecified atom stereocenters. The lowest BCUT2D eigenvalue weighted by Crippen LogP contribution is -2.55. The number of aryl methyl sites for hydroxylation is 1.